The maximum atomic E-state index is 13.9. The zero-order chi connectivity index (χ0) is 23.4. The van der Waals surface area contributed by atoms with E-state index in [9.17, 15) is 8.42 Å². The van der Waals surface area contributed by atoms with Crippen LogP contribution in [0.25, 0.3) is 0 Å². The minimum atomic E-state index is -3.65. The van der Waals surface area contributed by atoms with Gasteiger partial charge in [0, 0.05) is 18.5 Å². The van der Waals surface area contributed by atoms with Gasteiger partial charge in [-0.3, -0.25) is 4.90 Å². The van der Waals surface area contributed by atoms with Crippen molar-refractivity contribution < 1.29 is 8.42 Å². The van der Waals surface area contributed by atoms with Crippen LogP contribution in [0.3, 0.4) is 0 Å². The van der Waals surface area contributed by atoms with Crippen molar-refractivity contribution >= 4 is 10.0 Å². The van der Waals surface area contributed by atoms with E-state index in [2.05, 4.69) is 42.7 Å². The highest BCUT2D eigenvalue weighted by atomic mass is 32.2. The zero-order valence-corrected chi connectivity index (χ0v) is 21.0. The van der Waals surface area contributed by atoms with Gasteiger partial charge in [0.05, 0.1) is 4.90 Å². The molecule has 0 amide bonds. The Balaban J connectivity index is 1.84. The Labute approximate surface area is 200 Å². The fourth-order valence-electron chi connectivity index (χ4n) is 5.04. The fraction of sp³-hybridized carbons (Fsp3) is 0.500. The van der Waals surface area contributed by atoms with Crippen LogP contribution in [0.4, 0.5) is 0 Å². The summed E-state index contributed by atoms with van der Waals surface area (Å²) in [5.74, 6) is 6.79. The lowest BCUT2D eigenvalue weighted by Gasteiger charge is -2.37. The molecule has 176 valence electrons. The predicted molar refractivity (Wildman–Crippen MR) is 134 cm³/mol. The average Bonchev–Trinajstić information content (AvgIpc) is 3.22. The van der Waals surface area contributed by atoms with E-state index >= 15 is 0 Å². The van der Waals surface area contributed by atoms with E-state index in [1.54, 1.807) is 16.4 Å². The number of likely N-dealkylation sites (tertiary alicyclic amines) is 1. The molecule has 5 heteroatoms. The van der Waals surface area contributed by atoms with E-state index in [4.69, 9.17) is 0 Å². The van der Waals surface area contributed by atoms with Gasteiger partial charge in [-0.1, -0.05) is 68.4 Å². The molecule has 0 N–H and O–H groups in total. The summed E-state index contributed by atoms with van der Waals surface area (Å²) >= 11 is 0. The van der Waals surface area contributed by atoms with Crippen molar-refractivity contribution in [3.05, 3.63) is 64.2 Å². The first-order valence-corrected chi connectivity index (χ1v) is 13.9. The highest BCUT2D eigenvalue weighted by molar-refractivity contribution is 7.89. The number of hydrogen-bond donors (Lipinski definition) is 0. The minimum Gasteiger partial charge on any atom is -0.283 e. The Morgan fingerprint density at radius 2 is 1.70 bits per heavy atom. The van der Waals surface area contributed by atoms with Gasteiger partial charge in [0.2, 0.25) is 10.0 Å². The van der Waals surface area contributed by atoms with Gasteiger partial charge < -0.3 is 0 Å². The van der Waals surface area contributed by atoms with Crippen LogP contribution in [0.1, 0.15) is 86.4 Å². The molecule has 0 saturated carbocycles. The van der Waals surface area contributed by atoms with Crippen molar-refractivity contribution in [1.82, 2.24) is 9.21 Å². The van der Waals surface area contributed by atoms with Gasteiger partial charge in [-0.2, -0.15) is 4.31 Å². The van der Waals surface area contributed by atoms with Crippen molar-refractivity contribution in [3.8, 4) is 11.8 Å². The van der Waals surface area contributed by atoms with Crippen LogP contribution in [-0.2, 0) is 23.0 Å². The summed E-state index contributed by atoms with van der Waals surface area (Å²) in [7, 11) is -3.65. The number of benzene rings is 2. The first kappa shape index (κ1) is 24.0. The third kappa shape index (κ3) is 4.89. The topological polar surface area (TPSA) is 40.6 Å². The van der Waals surface area contributed by atoms with Crippen LogP contribution < -0.4 is 0 Å². The second kappa shape index (κ2) is 10.4. The molecule has 2 aliphatic heterocycles. The van der Waals surface area contributed by atoms with E-state index < -0.39 is 10.0 Å². The molecule has 0 spiro atoms. The molecular formula is C28H36N2O2S. The molecule has 2 aliphatic rings. The Morgan fingerprint density at radius 1 is 0.970 bits per heavy atom. The van der Waals surface area contributed by atoms with Gasteiger partial charge in [-0.05, 0) is 74.5 Å². The van der Waals surface area contributed by atoms with Crippen molar-refractivity contribution in [2.75, 3.05) is 13.1 Å². The van der Waals surface area contributed by atoms with E-state index in [1.165, 1.54) is 12.0 Å². The van der Waals surface area contributed by atoms with Crippen LogP contribution in [0.5, 0.6) is 0 Å². The normalized spacial score (nSPS) is 19.2. The van der Waals surface area contributed by atoms with Crippen LogP contribution in [-0.4, -0.2) is 30.7 Å². The van der Waals surface area contributed by atoms with Gasteiger partial charge >= 0.3 is 0 Å². The van der Waals surface area contributed by atoms with E-state index in [0.29, 0.717) is 11.4 Å². The van der Waals surface area contributed by atoms with Crippen LogP contribution in [0.15, 0.2) is 41.3 Å². The third-order valence-corrected chi connectivity index (χ3v) is 8.59. The van der Waals surface area contributed by atoms with Crippen molar-refractivity contribution in [3.63, 3.8) is 0 Å². The highest BCUT2D eigenvalue weighted by Gasteiger charge is 2.43. The number of fused-ring (bicyclic) bond motifs is 1. The number of piperidine rings is 1. The molecule has 33 heavy (non-hydrogen) atoms. The smallest absolute Gasteiger partial charge is 0.245 e. The average molecular weight is 465 g/mol. The van der Waals surface area contributed by atoms with Crippen molar-refractivity contribution in [2.45, 2.75) is 83.3 Å². The van der Waals surface area contributed by atoms with Gasteiger partial charge in [-0.15, -0.1) is 0 Å². The summed E-state index contributed by atoms with van der Waals surface area (Å²) in [5.41, 5.74) is 5.59. The molecule has 1 saturated heterocycles. The molecule has 0 radical (unpaired) electrons. The Morgan fingerprint density at radius 3 is 2.36 bits per heavy atom. The maximum absolute atomic E-state index is 13.9. The molecule has 4 nitrogen and oxygen atoms in total. The number of rotatable bonds is 6. The van der Waals surface area contributed by atoms with Gasteiger partial charge in [0.1, 0.15) is 6.17 Å². The summed E-state index contributed by atoms with van der Waals surface area (Å²) in [6, 6.07) is 11.6. The SMILES string of the molecule is CCCC#Cc1c(CCC)ccc2c1CN(S(=O)(=O)c1ccc(C)cc1)C2N1CCCCC1. The second-order valence-electron chi connectivity index (χ2n) is 9.30. The summed E-state index contributed by atoms with van der Waals surface area (Å²) in [4.78, 5) is 2.74. The van der Waals surface area contributed by atoms with Crippen molar-refractivity contribution in [1.29, 1.82) is 0 Å². The molecule has 2 heterocycles. The molecule has 0 aliphatic carbocycles. The monoisotopic (exact) mass is 464 g/mol. The Hall–Kier alpha value is -2.13. The molecular weight excluding hydrogens is 428 g/mol. The number of unbranched alkanes of at least 4 members (excludes halogenated alkanes) is 1. The zero-order valence-electron chi connectivity index (χ0n) is 20.2. The third-order valence-electron chi connectivity index (χ3n) is 6.77. The lowest BCUT2D eigenvalue weighted by molar-refractivity contribution is 0.0900. The van der Waals surface area contributed by atoms with E-state index in [0.717, 1.165) is 73.9 Å². The first-order chi connectivity index (χ1) is 16.0. The summed E-state index contributed by atoms with van der Waals surface area (Å²) in [6.07, 6.45) is 7.07. The predicted octanol–water partition coefficient (Wildman–Crippen LogP) is 5.79. The van der Waals surface area contributed by atoms with Crippen molar-refractivity contribution in [2.24, 2.45) is 0 Å². The number of hydrogen-bond acceptors (Lipinski definition) is 3. The molecule has 1 atom stereocenters. The van der Waals surface area contributed by atoms with E-state index in [1.807, 2.05) is 19.1 Å². The van der Waals surface area contributed by atoms with E-state index in [-0.39, 0.29) is 6.17 Å². The molecule has 1 fully saturated rings. The Bertz CT molecular complexity index is 1140. The van der Waals surface area contributed by atoms with Gasteiger partial charge in [0.15, 0.2) is 0 Å². The molecule has 2 aromatic carbocycles. The van der Waals surface area contributed by atoms with Crippen LogP contribution in [0, 0.1) is 18.8 Å². The molecule has 0 aromatic heterocycles. The lowest BCUT2D eigenvalue weighted by atomic mass is 9.94. The number of sulfonamides is 1. The largest absolute Gasteiger partial charge is 0.283 e. The summed E-state index contributed by atoms with van der Waals surface area (Å²) in [5, 5.41) is 0. The minimum absolute atomic E-state index is 0.256. The van der Waals surface area contributed by atoms with Crippen LogP contribution >= 0.6 is 0 Å². The Kier molecular flexibility index (Phi) is 7.58. The maximum Gasteiger partial charge on any atom is 0.245 e. The number of nitrogens with zero attached hydrogens (tertiary/aromatic N) is 2. The second-order valence-corrected chi connectivity index (χ2v) is 11.2. The highest BCUT2D eigenvalue weighted by Crippen LogP contribution is 2.43. The molecule has 0 bridgehead atoms. The molecule has 4 rings (SSSR count). The fourth-order valence-corrected chi connectivity index (χ4v) is 6.59. The number of aryl methyl sites for hydroxylation is 2. The summed E-state index contributed by atoms with van der Waals surface area (Å²) in [6.45, 7) is 8.55. The summed E-state index contributed by atoms with van der Waals surface area (Å²) < 4.78 is 29.6. The molecule has 1 unspecified atom stereocenters. The first-order valence-electron chi connectivity index (χ1n) is 12.4. The van der Waals surface area contributed by atoms with Gasteiger partial charge in [0.25, 0.3) is 0 Å². The molecule has 2 aromatic rings. The van der Waals surface area contributed by atoms with Crippen LogP contribution in [0.2, 0.25) is 0 Å². The standard InChI is InChI=1S/C28H36N2O2S/c1-4-6-8-12-25-23(11-5-2)15-18-26-27(25)21-30(28(26)29-19-9-7-10-20-29)33(31,32)24-16-13-22(3)14-17-24/h13-18,28H,4-7,9-11,19-21H2,1-3H3. The quantitative estimate of drug-likeness (QED) is 0.508. The van der Waals surface area contributed by atoms with Gasteiger partial charge in [-0.25, -0.2) is 8.42 Å². The lowest BCUT2D eigenvalue weighted by Crippen LogP contribution is -2.43.